The summed E-state index contributed by atoms with van der Waals surface area (Å²) in [6.07, 6.45) is 4.38. The monoisotopic (exact) mass is 866 g/mol. The van der Waals surface area contributed by atoms with Gasteiger partial charge in [-0.15, -0.1) is 0 Å². The molecule has 2 aliphatic heterocycles. The third-order valence-corrected chi connectivity index (χ3v) is 9.99. The fourth-order valence-electron chi connectivity index (χ4n) is 6.67. The third kappa shape index (κ3) is 17.7. The molecule has 2 aliphatic rings. The Labute approximate surface area is 357 Å². The van der Waals surface area contributed by atoms with Gasteiger partial charge in [0.1, 0.15) is 0 Å². The summed E-state index contributed by atoms with van der Waals surface area (Å²) in [7, 11) is 0. The van der Waals surface area contributed by atoms with Crippen LogP contribution in [0.15, 0.2) is 103 Å². The Kier molecular flexibility index (Phi) is 24.9. The van der Waals surface area contributed by atoms with Crippen LogP contribution < -0.4 is 16.0 Å². The number of carboxylic acid groups (broad SMARTS) is 1. The minimum absolute atomic E-state index is 0.0537. The number of hydrogen-bond donors (Lipinski definition) is 4. The lowest BCUT2D eigenvalue weighted by atomic mass is 9.90. The maximum atomic E-state index is 12.5. The quantitative estimate of drug-likeness (QED) is 0.0939. The number of carbonyl (C=O) groups is 3. The summed E-state index contributed by atoms with van der Waals surface area (Å²) in [5.74, 6) is -0.0743. The molecule has 4 aromatic carbocycles. The first kappa shape index (κ1) is 51.3. The fraction of sp³-hybridized carbons (Fsp3) is 0.302. The van der Waals surface area contributed by atoms with Crippen molar-refractivity contribution in [2.45, 2.75) is 75.8 Å². The summed E-state index contributed by atoms with van der Waals surface area (Å²) in [5.41, 5.74) is 9.79. The molecule has 2 amide bonds. The predicted octanol–water partition coefficient (Wildman–Crippen LogP) is 7.95. The van der Waals surface area contributed by atoms with Crippen LogP contribution in [0.5, 0.6) is 0 Å². The van der Waals surface area contributed by atoms with Crippen molar-refractivity contribution in [1.29, 1.82) is 5.41 Å². The van der Waals surface area contributed by atoms with Gasteiger partial charge in [0.2, 0.25) is 17.9 Å². The number of halogens is 3. The molecule has 2 fully saturated rings. The van der Waals surface area contributed by atoms with Crippen LogP contribution in [0.3, 0.4) is 0 Å². The lowest BCUT2D eigenvalue weighted by molar-refractivity contribution is -0.193. The van der Waals surface area contributed by atoms with E-state index >= 15 is 0 Å². The molecular formula is C43H45Cl3N4O9. The van der Waals surface area contributed by atoms with E-state index in [1.807, 2.05) is 95.9 Å². The van der Waals surface area contributed by atoms with Crippen LogP contribution in [0.1, 0.15) is 80.4 Å². The van der Waals surface area contributed by atoms with Crippen LogP contribution in [-0.2, 0) is 38.4 Å². The van der Waals surface area contributed by atoms with Gasteiger partial charge in [-0.1, -0.05) is 103 Å². The molecule has 5 atom stereocenters. The highest BCUT2D eigenvalue weighted by molar-refractivity contribution is 6.31. The second-order valence-electron chi connectivity index (χ2n) is 12.7. The van der Waals surface area contributed by atoms with Crippen molar-refractivity contribution in [3.8, 4) is 0 Å². The number of hydrogen-bond acceptors (Lipinski definition) is 10. The van der Waals surface area contributed by atoms with Crippen molar-refractivity contribution < 1.29 is 43.5 Å². The van der Waals surface area contributed by atoms with Gasteiger partial charge in [-0.2, -0.15) is 19.2 Å². The molecule has 0 bridgehead atoms. The van der Waals surface area contributed by atoms with Crippen molar-refractivity contribution in [2.75, 3.05) is 11.4 Å². The minimum atomic E-state index is -0.838. The Morgan fingerprint density at radius 1 is 0.763 bits per heavy atom. The lowest BCUT2D eigenvalue weighted by Crippen LogP contribution is -2.34. The second-order valence-corrected chi connectivity index (χ2v) is 14.0. The molecular weight excluding hydrogens is 823 g/mol. The highest BCUT2D eigenvalue weighted by Gasteiger charge is 2.40. The van der Waals surface area contributed by atoms with E-state index in [1.54, 1.807) is 12.1 Å². The first-order chi connectivity index (χ1) is 28.3. The minimum Gasteiger partial charge on any atom is -0.481 e. The Bertz CT molecular complexity index is 1960. The van der Waals surface area contributed by atoms with Gasteiger partial charge in [0, 0.05) is 63.4 Å². The highest BCUT2D eigenvalue weighted by Crippen LogP contribution is 2.39. The van der Waals surface area contributed by atoms with Crippen molar-refractivity contribution in [2.24, 2.45) is 5.73 Å². The molecule has 16 heteroatoms. The molecule has 0 unspecified atom stereocenters. The standard InChI is InChI=1S/C18H18ClNO.C12H14ClNO.C10H12ClNO2.CHNO.2CO2/c1-2-17-16(13-8-10-14(19)11-9-13)12-18(21)20(17)15-6-4-3-5-7-15;1-2-11-10(7-12(15)14-11)8-3-5-9(13)6-4-8;11-9-3-1-7(2-4-9)8(6-12)5-10(13)14;3*2-1-3/h3-11,16-17H,2,12H2,1H3;3-6,10-11H,2,7H2,1H3,(H,14,15);1-4,8H,5-6,12H2,(H,13,14);2H;;/t16-,17-;10-,11-;8-;;;/m001.../s1. The molecule has 0 saturated carbocycles. The number of amides is 2. The number of aliphatic carboxylic acids is 1. The topological polar surface area (TPSA) is 222 Å². The van der Waals surface area contributed by atoms with Crippen molar-refractivity contribution in [3.63, 3.8) is 0 Å². The zero-order valence-corrected chi connectivity index (χ0v) is 34.6. The maximum Gasteiger partial charge on any atom is 0.373 e. The van der Waals surface area contributed by atoms with Gasteiger partial charge < -0.3 is 21.1 Å². The van der Waals surface area contributed by atoms with E-state index in [-0.39, 0.29) is 54.5 Å². The summed E-state index contributed by atoms with van der Waals surface area (Å²) in [6, 6.07) is 33.2. The van der Waals surface area contributed by atoms with Crippen LogP contribution in [0.4, 0.5) is 5.69 Å². The smallest absolute Gasteiger partial charge is 0.373 e. The van der Waals surface area contributed by atoms with E-state index in [9.17, 15) is 14.4 Å². The van der Waals surface area contributed by atoms with Gasteiger partial charge in [0.15, 0.2) is 0 Å². The average Bonchev–Trinajstić information content (AvgIpc) is 3.78. The van der Waals surface area contributed by atoms with Gasteiger partial charge in [0.05, 0.1) is 6.42 Å². The Balaban J connectivity index is 0.000000409. The number of para-hydroxylation sites is 1. The summed E-state index contributed by atoms with van der Waals surface area (Å²) >= 11 is 17.5. The maximum absolute atomic E-state index is 12.5. The molecule has 0 aromatic heterocycles. The van der Waals surface area contributed by atoms with Crippen molar-refractivity contribution in [1.82, 2.24) is 5.32 Å². The molecule has 5 N–H and O–H groups in total. The normalized spacial score (nSPS) is 17.6. The van der Waals surface area contributed by atoms with Crippen LogP contribution in [0.25, 0.3) is 0 Å². The van der Waals surface area contributed by atoms with E-state index < -0.39 is 5.97 Å². The lowest BCUT2D eigenvalue weighted by Gasteiger charge is -2.27. The SMILES string of the molecule is CC[C@@H]1NC(=O)C[C@H]1c1ccc(Cl)cc1.CC[C@H]1[C@H](c2ccc(Cl)cc2)CC(=O)N1c1ccccc1.N=C=O.NC[C@@H](CC(=O)O)c1ccc(Cl)cc1.O=C=O.O=C=O. The zero-order valence-electron chi connectivity index (χ0n) is 32.3. The van der Waals surface area contributed by atoms with Crippen molar-refractivity contribution >= 4 is 76.7 Å². The molecule has 0 spiro atoms. The molecule has 4 aromatic rings. The number of carboxylic acids is 1. The Morgan fingerprint density at radius 2 is 1.20 bits per heavy atom. The number of nitrogens with zero attached hydrogens (tertiary/aromatic N) is 1. The fourth-order valence-corrected chi connectivity index (χ4v) is 7.04. The molecule has 0 radical (unpaired) electrons. The zero-order chi connectivity index (χ0) is 44.3. The van der Waals surface area contributed by atoms with E-state index in [1.165, 1.54) is 11.1 Å². The predicted molar refractivity (Wildman–Crippen MR) is 222 cm³/mol. The number of nitrogens with two attached hydrogens (primary N) is 1. The highest BCUT2D eigenvalue weighted by atomic mass is 35.5. The summed E-state index contributed by atoms with van der Waals surface area (Å²) in [6.45, 7) is 4.56. The Hall–Kier alpha value is -5.74. The van der Waals surface area contributed by atoms with Crippen molar-refractivity contribution in [3.05, 3.63) is 135 Å². The van der Waals surface area contributed by atoms with Crippen LogP contribution in [0.2, 0.25) is 15.1 Å². The van der Waals surface area contributed by atoms with Gasteiger partial charge in [-0.25, -0.2) is 10.2 Å². The van der Waals surface area contributed by atoms with Gasteiger partial charge in [-0.3, -0.25) is 14.4 Å². The van der Waals surface area contributed by atoms with E-state index in [0.29, 0.717) is 30.3 Å². The molecule has 13 nitrogen and oxygen atoms in total. The third-order valence-electron chi connectivity index (χ3n) is 9.23. The number of isocyanates is 1. The molecule has 2 saturated heterocycles. The Morgan fingerprint density at radius 3 is 1.61 bits per heavy atom. The number of benzene rings is 4. The molecule has 59 heavy (non-hydrogen) atoms. The van der Waals surface area contributed by atoms with Crippen LogP contribution in [0, 0.1) is 5.41 Å². The van der Waals surface area contributed by atoms with E-state index in [2.05, 4.69) is 19.2 Å². The molecule has 0 aliphatic carbocycles. The largest absolute Gasteiger partial charge is 0.481 e. The summed E-state index contributed by atoms with van der Waals surface area (Å²) in [4.78, 5) is 77.2. The summed E-state index contributed by atoms with van der Waals surface area (Å²) < 4.78 is 0. The van der Waals surface area contributed by atoms with Crippen LogP contribution >= 0.6 is 34.8 Å². The molecule has 2 heterocycles. The average molecular weight is 868 g/mol. The van der Waals surface area contributed by atoms with Gasteiger partial charge in [0.25, 0.3) is 0 Å². The number of nitrogens with one attached hydrogen (secondary N) is 2. The molecule has 6 rings (SSSR count). The van der Waals surface area contributed by atoms with Crippen LogP contribution in [-0.4, -0.2) is 59.9 Å². The first-order valence-corrected chi connectivity index (χ1v) is 19.3. The number of anilines is 1. The number of carbonyl (C=O) groups excluding carboxylic acids is 7. The van der Waals surface area contributed by atoms with E-state index in [0.717, 1.165) is 40.2 Å². The summed E-state index contributed by atoms with van der Waals surface area (Å²) in [5, 5.41) is 19.2. The van der Waals surface area contributed by atoms with Gasteiger partial charge >= 0.3 is 18.3 Å². The first-order valence-electron chi connectivity index (χ1n) is 18.2. The second kappa shape index (κ2) is 28.6. The number of rotatable bonds is 9. The van der Waals surface area contributed by atoms with E-state index in [4.69, 9.17) is 75.0 Å². The molecule has 312 valence electrons. The van der Waals surface area contributed by atoms with Gasteiger partial charge in [-0.05, 0) is 84.6 Å².